The van der Waals surface area contributed by atoms with Crippen LogP contribution >= 0.6 is 11.8 Å². The van der Waals surface area contributed by atoms with Crippen molar-refractivity contribution in [1.82, 2.24) is 5.32 Å². The minimum absolute atomic E-state index is 0.106. The van der Waals surface area contributed by atoms with E-state index in [1.165, 1.54) is 23.9 Å². The summed E-state index contributed by atoms with van der Waals surface area (Å²) in [4.78, 5) is 24.5. The lowest BCUT2D eigenvalue weighted by atomic mass is 10.2. The minimum Gasteiger partial charge on any atom is -0.492 e. The van der Waals surface area contributed by atoms with Gasteiger partial charge in [0.05, 0.1) is 23.5 Å². The molecule has 0 aromatic heterocycles. The van der Waals surface area contributed by atoms with E-state index in [4.69, 9.17) is 4.74 Å². The van der Waals surface area contributed by atoms with Crippen LogP contribution in [0.4, 0.5) is 18.9 Å². The highest BCUT2D eigenvalue weighted by molar-refractivity contribution is 8.00. The van der Waals surface area contributed by atoms with Crippen molar-refractivity contribution in [3.63, 3.8) is 0 Å². The Kier molecular flexibility index (Phi) is 5.59. The molecule has 0 saturated heterocycles. The molecule has 0 radical (unpaired) electrons. The van der Waals surface area contributed by atoms with E-state index in [2.05, 4.69) is 10.6 Å². The van der Waals surface area contributed by atoms with Crippen molar-refractivity contribution in [3.8, 4) is 5.75 Å². The Balaban J connectivity index is 1.48. The van der Waals surface area contributed by atoms with Gasteiger partial charge in [-0.15, -0.1) is 11.8 Å². The number of thioether (sulfide) groups is 1. The van der Waals surface area contributed by atoms with Gasteiger partial charge in [0.1, 0.15) is 12.4 Å². The highest BCUT2D eigenvalue weighted by atomic mass is 32.2. The minimum atomic E-state index is -4.39. The van der Waals surface area contributed by atoms with Crippen molar-refractivity contribution in [2.75, 3.05) is 24.2 Å². The van der Waals surface area contributed by atoms with Gasteiger partial charge in [-0.05, 0) is 42.5 Å². The number of benzene rings is 2. The predicted molar refractivity (Wildman–Crippen MR) is 95.1 cm³/mol. The van der Waals surface area contributed by atoms with E-state index in [-0.39, 0.29) is 30.7 Å². The third-order valence-corrected chi connectivity index (χ3v) is 4.79. The van der Waals surface area contributed by atoms with Crippen molar-refractivity contribution in [2.45, 2.75) is 11.1 Å². The van der Waals surface area contributed by atoms with Crippen LogP contribution in [0.25, 0.3) is 0 Å². The Hall–Kier alpha value is -2.68. The fourth-order valence-corrected chi connectivity index (χ4v) is 3.19. The van der Waals surface area contributed by atoms with Gasteiger partial charge < -0.3 is 15.4 Å². The zero-order valence-electron chi connectivity index (χ0n) is 13.9. The summed E-state index contributed by atoms with van der Waals surface area (Å²) >= 11 is 1.40. The lowest BCUT2D eigenvalue weighted by molar-refractivity contribution is -0.137. The van der Waals surface area contributed by atoms with Gasteiger partial charge >= 0.3 is 6.18 Å². The lowest BCUT2D eigenvalue weighted by Gasteiger charge is -2.17. The van der Waals surface area contributed by atoms with Gasteiger partial charge in [-0.2, -0.15) is 13.2 Å². The predicted octanol–water partition coefficient (Wildman–Crippen LogP) is 3.56. The first-order chi connectivity index (χ1) is 12.8. The van der Waals surface area contributed by atoms with Crippen LogP contribution in [-0.2, 0) is 11.0 Å². The van der Waals surface area contributed by atoms with E-state index in [9.17, 15) is 22.8 Å². The molecule has 1 aliphatic heterocycles. The average molecular weight is 396 g/mol. The van der Waals surface area contributed by atoms with E-state index in [0.717, 1.165) is 17.0 Å². The zero-order valence-corrected chi connectivity index (χ0v) is 14.7. The number of ether oxygens (including phenoxy) is 1. The summed E-state index contributed by atoms with van der Waals surface area (Å²) in [5.74, 6) is 0.180. The Morgan fingerprint density at radius 3 is 2.63 bits per heavy atom. The van der Waals surface area contributed by atoms with Crippen LogP contribution in [0.15, 0.2) is 47.4 Å². The summed E-state index contributed by atoms with van der Waals surface area (Å²) in [5, 5.41) is 5.37. The van der Waals surface area contributed by atoms with Crippen LogP contribution in [0.3, 0.4) is 0 Å². The van der Waals surface area contributed by atoms with E-state index in [1.54, 1.807) is 18.2 Å². The molecule has 0 saturated carbocycles. The Morgan fingerprint density at radius 1 is 1.19 bits per heavy atom. The summed E-state index contributed by atoms with van der Waals surface area (Å²) in [6.07, 6.45) is -4.39. The number of hydrogen-bond acceptors (Lipinski definition) is 4. The standard InChI is InChI=1S/C18H15F3N2O3S/c19-18(20,21)12-2-4-13(5-3-12)26-8-7-22-17(25)11-1-6-15-14(9-11)23-16(24)10-27-15/h1-6,9H,7-8,10H2,(H,22,25)(H,23,24). The summed E-state index contributed by atoms with van der Waals surface area (Å²) in [7, 11) is 0. The number of fused-ring (bicyclic) bond motifs is 1. The first-order valence-electron chi connectivity index (χ1n) is 7.98. The maximum Gasteiger partial charge on any atom is 0.416 e. The number of amides is 2. The van der Waals surface area contributed by atoms with Gasteiger partial charge in [0.25, 0.3) is 5.91 Å². The monoisotopic (exact) mass is 396 g/mol. The van der Waals surface area contributed by atoms with Gasteiger partial charge in [0.15, 0.2) is 0 Å². The average Bonchev–Trinajstić information content (AvgIpc) is 2.64. The first kappa shape index (κ1) is 19.1. The number of alkyl halides is 3. The smallest absolute Gasteiger partial charge is 0.416 e. The van der Waals surface area contributed by atoms with E-state index < -0.39 is 11.7 Å². The van der Waals surface area contributed by atoms with Crippen molar-refractivity contribution < 1.29 is 27.5 Å². The van der Waals surface area contributed by atoms with E-state index >= 15 is 0 Å². The van der Waals surface area contributed by atoms with E-state index in [0.29, 0.717) is 17.0 Å². The fourth-order valence-electron chi connectivity index (χ4n) is 2.40. The van der Waals surface area contributed by atoms with Crippen molar-refractivity contribution >= 4 is 29.3 Å². The number of halogens is 3. The molecule has 2 amide bonds. The van der Waals surface area contributed by atoms with Gasteiger partial charge in [0, 0.05) is 10.5 Å². The second-order valence-corrected chi connectivity index (χ2v) is 6.69. The molecule has 0 atom stereocenters. The molecular weight excluding hydrogens is 381 g/mol. The zero-order chi connectivity index (χ0) is 19.4. The van der Waals surface area contributed by atoms with Crippen LogP contribution in [0, 0.1) is 0 Å². The number of hydrogen-bond donors (Lipinski definition) is 2. The van der Waals surface area contributed by atoms with Crippen molar-refractivity contribution in [3.05, 3.63) is 53.6 Å². The van der Waals surface area contributed by atoms with Gasteiger partial charge in [-0.1, -0.05) is 0 Å². The molecule has 0 bridgehead atoms. The summed E-state index contributed by atoms with van der Waals surface area (Å²) in [5.41, 5.74) is 0.247. The van der Waals surface area contributed by atoms with Gasteiger partial charge in [-0.3, -0.25) is 9.59 Å². The molecule has 2 aromatic rings. The van der Waals surface area contributed by atoms with Crippen molar-refractivity contribution in [2.24, 2.45) is 0 Å². The van der Waals surface area contributed by atoms with Gasteiger partial charge in [-0.25, -0.2) is 0 Å². The molecule has 2 N–H and O–H groups in total. The quantitative estimate of drug-likeness (QED) is 0.759. The van der Waals surface area contributed by atoms with Crippen LogP contribution in [0.2, 0.25) is 0 Å². The molecule has 3 rings (SSSR count). The maximum absolute atomic E-state index is 12.5. The van der Waals surface area contributed by atoms with Crippen LogP contribution in [-0.4, -0.2) is 30.7 Å². The third kappa shape index (κ3) is 4.94. The highest BCUT2D eigenvalue weighted by Gasteiger charge is 2.30. The number of nitrogens with one attached hydrogen (secondary N) is 2. The highest BCUT2D eigenvalue weighted by Crippen LogP contribution is 2.32. The molecule has 0 spiro atoms. The SMILES string of the molecule is O=C1CSc2ccc(C(=O)NCCOc3ccc(C(F)(F)F)cc3)cc2N1. The molecule has 5 nitrogen and oxygen atoms in total. The molecule has 0 fully saturated rings. The van der Waals surface area contributed by atoms with Crippen LogP contribution < -0.4 is 15.4 Å². The van der Waals surface area contributed by atoms with E-state index in [1.807, 2.05) is 0 Å². The lowest BCUT2D eigenvalue weighted by Crippen LogP contribution is -2.28. The molecule has 9 heteroatoms. The summed E-state index contributed by atoms with van der Waals surface area (Å²) in [6.45, 7) is 0.284. The molecule has 0 aliphatic carbocycles. The molecule has 27 heavy (non-hydrogen) atoms. The van der Waals surface area contributed by atoms with Crippen LogP contribution in [0.5, 0.6) is 5.75 Å². The number of carbonyl (C=O) groups is 2. The molecule has 1 aliphatic rings. The topological polar surface area (TPSA) is 67.4 Å². The second-order valence-electron chi connectivity index (χ2n) is 5.67. The Bertz CT molecular complexity index is 854. The molecule has 142 valence electrons. The summed E-state index contributed by atoms with van der Waals surface area (Å²) in [6, 6.07) is 9.37. The van der Waals surface area contributed by atoms with Gasteiger partial charge in [0.2, 0.25) is 5.91 Å². The number of anilines is 1. The Morgan fingerprint density at radius 2 is 1.93 bits per heavy atom. The van der Waals surface area contributed by atoms with Crippen LogP contribution in [0.1, 0.15) is 15.9 Å². The maximum atomic E-state index is 12.5. The summed E-state index contributed by atoms with van der Waals surface area (Å²) < 4.78 is 42.8. The van der Waals surface area contributed by atoms with Crippen molar-refractivity contribution in [1.29, 1.82) is 0 Å². The molecule has 0 unspecified atom stereocenters. The number of carbonyl (C=O) groups excluding carboxylic acids is 2. The fraction of sp³-hybridized carbons (Fsp3) is 0.222. The molecular formula is C18H15F3N2O3S. The molecule has 2 aromatic carbocycles. The Labute approximate surface area is 157 Å². The largest absolute Gasteiger partial charge is 0.492 e. The first-order valence-corrected chi connectivity index (χ1v) is 8.96. The number of rotatable bonds is 5. The normalized spacial score (nSPS) is 13.5. The second kappa shape index (κ2) is 7.91. The third-order valence-electron chi connectivity index (χ3n) is 3.71. The molecule has 1 heterocycles.